The molecule has 2 heteroatoms. The predicted molar refractivity (Wildman–Crippen MR) is 61.7 cm³/mol. The second-order valence-electron chi connectivity index (χ2n) is 4.30. The molecule has 2 nitrogen and oxygen atoms in total. The average molecular weight is 201 g/mol. The molecule has 0 aromatic carbocycles. The SMILES string of the molecule is CC(C)(C)C#C/C=C\c1cccc[n+]1[O-]. The molecule has 1 rings (SSSR count). The minimum atomic E-state index is -0.00549. The van der Waals surface area contributed by atoms with Gasteiger partial charge in [0.2, 0.25) is 5.69 Å². The first-order valence-corrected chi connectivity index (χ1v) is 4.86. The monoisotopic (exact) mass is 201 g/mol. The van der Waals surface area contributed by atoms with E-state index in [9.17, 15) is 5.21 Å². The van der Waals surface area contributed by atoms with Crippen LogP contribution in [-0.4, -0.2) is 0 Å². The fourth-order valence-corrected chi connectivity index (χ4v) is 0.956. The molecule has 1 aromatic heterocycles. The van der Waals surface area contributed by atoms with Gasteiger partial charge >= 0.3 is 0 Å². The van der Waals surface area contributed by atoms with Crippen LogP contribution >= 0.6 is 0 Å². The highest BCUT2D eigenvalue weighted by Crippen LogP contribution is 2.09. The van der Waals surface area contributed by atoms with E-state index in [1.807, 2.05) is 26.8 Å². The molecule has 15 heavy (non-hydrogen) atoms. The van der Waals surface area contributed by atoms with Crippen LogP contribution in [0.1, 0.15) is 26.5 Å². The molecule has 0 aliphatic heterocycles. The first kappa shape index (κ1) is 11.3. The van der Waals surface area contributed by atoms with E-state index in [4.69, 9.17) is 0 Å². The van der Waals surface area contributed by atoms with Crippen LogP contribution in [0.4, 0.5) is 0 Å². The van der Waals surface area contributed by atoms with Crippen LogP contribution in [0.25, 0.3) is 6.08 Å². The normalized spacial score (nSPS) is 11.1. The zero-order valence-electron chi connectivity index (χ0n) is 9.32. The summed E-state index contributed by atoms with van der Waals surface area (Å²) in [5, 5.41) is 11.2. The molecule has 0 bridgehead atoms. The summed E-state index contributed by atoms with van der Waals surface area (Å²) in [6.07, 6.45) is 4.89. The van der Waals surface area contributed by atoms with Crippen molar-refractivity contribution in [1.29, 1.82) is 0 Å². The Labute approximate surface area is 90.8 Å². The van der Waals surface area contributed by atoms with Gasteiger partial charge in [0.15, 0.2) is 6.20 Å². The number of nitrogens with zero attached hydrogens (tertiary/aromatic N) is 1. The fourth-order valence-electron chi connectivity index (χ4n) is 0.956. The molecule has 1 aromatic rings. The van der Waals surface area contributed by atoms with E-state index in [-0.39, 0.29) is 5.41 Å². The lowest BCUT2D eigenvalue weighted by Crippen LogP contribution is -2.28. The summed E-state index contributed by atoms with van der Waals surface area (Å²) < 4.78 is 0.815. The van der Waals surface area contributed by atoms with Crippen LogP contribution in [0, 0.1) is 22.5 Å². The van der Waals surface area contributed by atoms with E-state index < -0.39 is 0 Å². The molecule has 0 aliphatic carbocycles. The van der Waals surface area contributed by atoms with Crippen molar-refractivity contribution in [1.82, 2.24) is 0 Å². The lowest BCUT2D eigenvalue weighted by molar-refractivity contribution is -0.607. The largest absolute Gasteiger partial charge is 0.618 e. The summed E-state index contributed by atoms with van der Waals surface area (Å²) in [4.78, 5) is 0. The van der Waals surface area contributed by atoms with E-state index in [2.05, 4.69) is 11.8 Å². The summed E-state index contributed by atoms with van der Waals surface area (Å²) in [7, 11) is 0. The van der Waals surface area contributed by atoms with Crippen molar-refractivity contribution in [3.8, 4) is 11.8 Å². The summed E-state index contributed by atoms with van der Waals surface area (Å²) in [6.45, 7) is 6.14. The van der Waals surface area contributed by atoms with Crippen molar-refractivity contribution in [2.45, 2.75) is 20.8 Å². The molecule has 78 valence electrons. The minimum absolute atomic E-state index is 0.00549. The minimum Gasteiger partial charge on any atom is -0.618 e. The summed E-state index contributed by atoms with van der Waals surface area (Å²) >= 11 is 0. The highest BCUT2D eigenvalue weighted by molar-refractivity contribution is 5.46. The van der Waals surface area contributed by atoms with Gasteiger partial charge in [-0.15, -0.1) is 0 Å². The molecular weight excluding hydrogens is 186 g/mol. The molecule has 0 unspecified atom stereocenters. The lowest BCUT2D eigenvalue weighted by atomic mass is 9.98. The van der Waals surface area contributed by atoms with Gasteiger partial charge in [0.25, 0.3) is 0 Å². The van der Waals surface area contributed by atoms with Crippen LogP contribution in [0.2, 0.25) is 0 Å². The van der Waals surface area contributed by atoms with Crippen molar-refractivity contribution in [2.24, 2.45) is 5.41 Å². The molecule has 1 heterocycles. The highest BCUT2D eigenvalue weighted by atomic mass is 16.5. The maximum Gasteiger partial charge on any atom is 0.217 e. The molecule has 0 N–H and O–H groups in total. The van der Waals surface area contributed by atoms with Gasteiger partial charge in [0.05, 0.1) is 0 Å². The third-order valence-corrected chi connectivity index (χ3v) is 1.64. The van der Waals surface area contributed by atoms with Gasteiger partial charge in [-0.05, 0) is 32.9 Å². The van der Waals surface area contributed by atoms with E-state index >= 15 is 0 Å². The smallest absolute Gasteiger partial charge is 0.217 e. The highest BCUT2D eigenvalue weighted by Gasteiger charge is 2.02. The molecule has 0 spiro atoms. The molecule has 0 aliphatic rings. The van der Waals surface area contributed by atoms with Crippen molar-refractivity contribution in [2.75, 3.05) is 0 Å². The third kappa shape index (κ3) is 4.33. The second-order valence-corrected chi connectivity index (χ2v) is 4.30. The van der Waals surface area contributed by atoms with Gasteiger partial charge in [0.1, 0.15) is 0 Å². The number of rotatable bonds is 1. The maximum atomic E-state index is 11.2. The number of aromatic nitrogens is 1. The van der Waals surface area contributed by atoms with Gasteiger partial charge in [0, 0.05) is 23.6 Å². The Morgan fingerprint density at radius 1 is 1.33 bits per heavy atom. The molecule has 0 saturated heterocycles. The summed E-state index contributed by atoms with van der Waals surface area (Å²) in [5.74, 6) is 5.98. The summed E-state index contributed by atoms with van der Waals surface area (Å²) in [5.41, 5.74) is 0.592. The Morgan fingerprint density at radius 3 is 2.67 bits per heavy atom. The lowest BCUT2D eigenvalue weighted by Gasteiger charge is -2.05. The molecule has 0 fully saturated rings. The Balaban J connectivity index is 2.74. The zero-order valence-corrected chi connectivity index (χ0v) is 9.32. The Bertz CT molecular complexity index is 416. The predicted octanol–water partition coefficient (Wildman–Crippen LogP) is 2.38. The summed E-state index contributed by atoms with van der Waals surface area (Å²) in [6, 6.07) is 5.28. The number of pyridine rings is 1. The van der Waals surface area contributed by atoms with E-state index in [0.29, 0.717) is 5.69 Å². The van der Waals surface area contributed by atoms with Gasteiger partial charge in [-0.1, -0.05) is 11.8 Å². The zero-order chi connectivity index (χ0) is 11.3. The van der Waals surface area contributed by atoms with E-state index in [1.165, 1.54) is 6.20 Å². The van der Waals surface area contributed by atoms with Gasteiger partial charge in [-0.25, -0.2) is 0 Å². The van der Waals surface area contributed by atoms with Gasteiger partial charge in [-0.3, -0.25) is 0 Å². The van der Waals surface area contributed by atoms with Gasteiger partial charge < -0.3 is 5.21 Å². The number of hydrogen-bond donors (Lipinski definition) is 0. The first-order valence-electron chi connectivity index (χ1n) is 4.86. The number of allylic oxidation sites excluding steroid dienone is 1. The Hall–Kier alpha value is -1.75. The molecule has 0 atom stereocenters. The van der Waals surface area contributed by atoms with Crippen LogP contribution in [0.3, 0.4) is 0 Å². The van der Waals surface area contributed by atoms with E-state index in [0.717, 1.165) is 4.73 Å². The Kier molecular flexibility index (Phi) is 3.51. The fraction of sp³-hybridized carbons (Fsp3) is 0.308. The standard InChI is InChI=1S/C13H15NO/c1-13(2,3)10-6-4-8-12-9-5-7-11-14(12)15/h4-5,7-9,11H,1-3H3/b8-4-. The van der Waals surface area contributed by atoms with Crippen LogP contribution in [-0.2, 0) is 0 Å². The third-order valence-electron chi connectivity index (χ3n) is 1.64. The topological polar surface area (TPSA) is 26.9 Å². The Morgan fingerprint density at radius 2 is 2.07 bits per heavy atom. The van der Waals surface area contributed by atoms with E-state index in [1.54, 1.807) is 24.3 Å². The van der Waals surface area contributed by atoms with Gasteiger partial charge in [-0.2, -0.15) is 4.73 Å². The average Bonchev–Trinajstić information content (AvgIpc) is 2.13. The molecule has 0 radical (unpaired) electrons. The van der Waals surface area contributed by atoms with Crippen LogP contribution < -0.4 is 4.73 Å². The second kappa shape index (κ2) is 4.65. The van der Waals surface area contributed by atoms with Crippen LogP contribution in [0.15, 0.2) is 30.5 Å². The molecular formula is C13H15NO. The molecule has 0 saturated carbocycles. The first-order chi connectivity index (χ1) is 6.99. The van der Waals surface area contributed by atoms with Crippen molar-refractivity contribution in [3.63, 3.8) is 0 Å². The van der Waals surface area contributed by atoms with Crippen molar-refractivity contribution >= 4 is 6.08 Å². The van der Waals surface area contributed by atoms with Crippen LogP contribution in [0.5, 0.6) is 0 Å². The van der Waals surface area contributed by atoms with Crippen molar-refractivity contribution in [3.05, 3.63) is 41.4 Å². The number of hydrogen-bond acceptors (Lipinski definition) is 1. The van der Waals surface area contributed by atoms with Crippen molar-refractivity contribution < 1.29 is 4.73 Å². The quantitative estimate of drug-likeness (QED) is 0.389. The maximum absolute atomic E-state index is 11.2. The molecule has 0 amide bonds.